The highest BCUT2D eigenvalue weighted by atomic mass is 35.5. The van der Waals surface area contributed by atoms with E-state index in [1.807, 2.05) is 57.2 Å². The Bertz CT molecular complexity index is 1200. The molecule has 1 amide bonds. The number of rotatable bonds is 8. The second-order valence-electron chi connectivity index (χ2n) is 7.79. The number of carbonyl (C=O) groups is 1. The summed E-state index contributed by atoms with van der Waals surface area (Å²) in [5, 5.41) is 0.414. The van der Waals surface area contributed by atoms with E-state index in [1.54, 1.807) is 6.07 Å². The van der Waals surface area contributed by atoms with Crippen molar-refractivity contribution >= 4 is 27.5 Å². The molecule has 0 bridgehead atoms. The van der Waals surface area contributed by atoms with Crippen molar-refractivity contribution in [2.75, 3.05) is 6.61 Å². The van der Waals surface area contributed by atoms with Gasteiger partial charge in [-0.05, 0) is 66.8 Å². The number of nitrogens with one attached hydrogen (secondary N) is 1. The average Bonchev–Trinajstić information content (AvgIpc) is 2.74. The Kier molecular flexibility index (Phi) is 7.59. The molecule has 0 saturated heterocycles. The van der Waals surface area contributed by atoms with Crippen LogP contribution in [-0.4, -0.2) is 20.9 Å². The predicted molar refractivity (Wildman–Crippen MR) is 128 cm³/mol. The number of benzene rings is 3. The lowest BCUT2D eigenvalue weighted by molar-refractivity contribution is 0.0980. The Balaban J connectivity index is 1.97. The van der Waals surface area contributed by atoms with Crippen LogP contribution in [0, 0.1) is 5.92 Å². The van der Waals surface area contributed by atoms with Gasteiger partial charge >= 0.3 is 0 Å². The van der Waals surface area contributed by atoms with Crippen molar-refractivity contribution in [3.05, 3.63) is 82.9 Å². The van der Waals surface area contributed by atoms with Crippen molar-refractivity contribution in [2.24, 2.45) is 5.92 Å². The molecule has 0 fully saturated rings. The summed E-state index contributed by atoms with van der Waals surface area (Å²) < 4.78 is 33.3. The molecule has 0 aliphatic carbocycles. The normalized spacial score (nSPS) is 11.4. The molecule has 0 radical (unpaired) electrons. The summed E-state index contributed by atoms with van der Waals surface area (Å²) in [7, 11) is -4.02. The molecule has 3 rings (SSSR count). The van der Waals surface area contributed by atoms with Gasteiger partial charge in [0.15, 0.2) is 0 Å². The minimum Gasteiger partial charge on any atom is -0.493 e. The number of hydrogen-bond donors (Lipinski definition) is 1. The van der Waals surface area contributed by atoms with Crippen LogP contribution < -0.4 is 9.46 Å². The maximum atomic E-state index is 13.0. The lowest BCUT2D eigenvalue weighted by Gasteiger charge is -2.16. The summed E-state index contributed by atoms with van der Waals surface area (Å²) in [5.74, 6) is 0.361. The predicted octanol–water partition coefficient (Wildman–Crippen LogP) is 5.72. The van der Waals surface area contributed by atoms with Gasteiger partial charge < -0.3 is 4.74 Å². The molecular weight excluding hydrogens is 446 g/mol. The zero-order valence-corrected chi connectivity index (χ0v) is 19.8. The molecule has 0 unspecified atom stereocenters. The van der Waals surface area contributed by atoms with Gasteiger partial charge in [0.2, 0.25) is 0 Å². The molecule has 3 aromatic carbocycles. The van der Waals surface area contributed by atoms with Gasteiger partial charge in [-0.25, -0.2) is 13.1 Å². The topological polar surface area (TPSA) is 72.5 Å². The first-order valence-electron chi connectivity index (χ1n) is 10.4. The molecule has 0 aromatic heterocycles. The minimum atomic E-state index is -4.02. The number of ether oxygens (including phenoxy) is 1. The van der Waals surface area contributed by atoms with Crippen LogP contribution in [0.2, 0.25) is 5.02 Å². The highest BCUT2D eigenvalue weighted by molar-refractivity contribution is 7.90. The smallest absolute Gasteiger partial charge is 0.265 e. The van der Waals surface area contributed by atoms with Gasteiger partial charge in [-0.15, -0.1) is 0 Å². The van der Waals surface area contributed by atoms with Gasteiger partial charge in [-0.1, -0.05) is 55.8 Å². The van der Waals surface area contributed by atoms with E-state index in [9.17, 15) is 13.2 Å². The molecule has 0 saturated carbocycles. The van der Waals surface area contributed by atoms with E-state index in [0.717, 1.165) is 22.4 Å². The summed E-state index contributed by atoms with van der Waals surface area (Å²) in [6.07, 6.45) is 0.619. The van der Waals surface area contributed by atoms with Crippen molar-refractivity contribution in [2.45, 2.75) is 32.1 Å². The monoisotopic (exact) mass is 471 g/mol. The van der Waals surface area contributed by atoms with Crippen LogP contribution in [0.3, 0.4) is 0 Å². The van der Waals surface area contributed by atoms with Gasteiger partial charge in [-0.3, -0.25) is 4.79 Å². The van der Waals surface area contributed by atoms with E-state index in [4.69, 9.17) is 16.3 Å². The van der Waals surface area contributed by atoms with Crippen molar-refractivity contribution in [1.82, 2.24) is 4.72 Å². The molecular formula is C25H26ClNO4S. The van der Waals surface area contributed by atoms with E-state index in [2.05, 4.69) is 4.72 Å². The summed E-state index contributed by atoms with van der Waals surface area (Å²) in [4.78, 5) is 13.0. The summed E-state index contributed by atoms with van der Waals surface area (Å²) in [6.45, 7) is 6.56. The van der Waals surface area contributed by atoms with Crippen LogP contribution in [0.5, 0.6) is 5.75 Å². The van der Waals surface area contributed by atoms with E-state index in [-0.39, 0.29) is 10.8 Å². The average molecular weight is 472 g/mol. The summed E-state index contributed by atoms with van der Waals surface area (Å²) in [5.41, 5.74) is 2.92. The maximum absolute atomic E-state index is 13.0. The van der Waals surface area contributed by atoms with E-state index in [0.29, 0.717) is 23.6 Å². The van der Waals surface area contributed by atoms with Crippen molar-refractivity contribution in [3.63, 3.8) is 0 Å². The second kappa shape index (κ2) is 10.2. The molecule has 5 nitrogen and oxygen atoms in total. The molecule has 3 aromatic rings. The molecule has 168 valence electrons. The lowest BCUT2D eigenvalue weighted by Crippen LogP contribution is -2.31. The standard InChI is InChI=1S/C25H26ClNO4S/c1-4-31-24-8-6-5-7-22(24)18-9-14-23(19(16-18)15-17(2)3)25(28)27-32(29,30)21-12-10-20(26)11-13-21/h5-14,16-17H,4,15H2,1-3H3,(H,27,28). The van der Waals surface area contributed by atoms with E-state index >= 15 is 0 Å². The molecule has 0 atom stereocenters. The Hall–Kier alpha value is -2.83. The first kappa shape index (κ1) is 23.8. The first-order valence-corrected chi connectivity index (χ1v) is 12.2. The number of sulfonamides is 1. The second-order valence-corrected chi connectivity index (χ2v) is 9.91. The van der Waals surface area contributed by atoms with Crippen molar-refractivity contribution in [3.8, 4) is 16.9 Å². The van der Waals surface area contributed by atoms with Crippen molar-refractivity contribution < 1.29 is 17.9 Å². The molecule has 0 aliphatic rings. The van der Waals surface area contributed by atoms with Crippen LogP contribution in [0.25, 0.3) is 11.1 Å². The van der Waals surface area contributed by atoms with E-state index < -0.39 is 15.9 Å². The maximum Gasteiger partial charge on any atom is 0.265 e. The summed E-state index contributed by atoms with van der Waals surface area (Å²) >= 11 is 5.84. The van der Waals surface area contributed by atoms with Crippen LogP contribution >= 0.6 is 11.6 Å². The van der Waals surface area contributed by atoms with E-state index in [1.165, 1.54) is 24.3 Å². The van der Waals surface area contributed by atoms with Gasteiger partial charge in [0.1, 0.15) is 5.75 Å². The first-order chi connectivity index (χ1) is 15.2. The highest BCUT2D eigenvalue weighted by Crippen LogP contribution is 2.32. The third kappa shape index (κ3) is 5.69. The minimum absolute atomic E-state index is 0.0251. The number of para-hydroxylation sites is 1. The zero-order valence-electron chi connectivity index (χ0n) is 18.3. The molecule has 32 heavy (non-hydrogen) atoms. The fraction of sp³-hybridized carbons (Fsp3) is 0.240. The van der Waals surface area contributed by atoms with Crippen LogP contribution in [0.4, 0.5) is 0 Å². The Morgan fingerprint density at radius 3 is 2.38 bits per heavy atom. The van der Waals surface area contributed by atoms with Crippen LogP contribution in [0.15, 0.2) is 71.6 Å². The molecule has 0 heterocycles. The molecule has 0 spiro atoms. The number of carbonyl (C=O) groups excluding carboxylic acids is 1. The zero-order chi connectivity index (χ0) is 23.3. The number of halogens is 1. The van der Waals surface area contributed by atoms with Crippen LogP contribution in [-0.2, 0) is 16.4 Å². The third-order valence-electron chi connectivity index (χ3n) is 4.83. The van der Waals surface area contributed by atoms with Gasteiger partial charge in [-0.2, -0.15) is 0 Å². The Morgan fingerprint density at radius 2 is 1.72 bits per heavy atom. The SMILES string of the molecule is CCOc1ccccc1-c1ccc(C(=O)NS(=O)(=O)c2ccc(Cl)cc2)c(CC(C)C)c1. The summed E-state index contributed by atoms with van der Waals surface area (Å²) in [6, 6.07) is 18.8. The van der Waals surface area contributed by atoms with Gasteiger partial charge in [0.25, 0.3) is 15.9 Å². The molecule has 1 N–H and O–H groups in total. The van der Waals surface area contributed by atoms with Crippen LogP contribution in [0.1, 0.15) is 36.7 Å². The van der Waals surface area contributed by atoms with Gasteiger partial charge in [0, 0.05) is 16.1 Å². The van der Waals surface area contributed by atoms with Crippen molar-refractivity contribution in [1.29, 1.82) is 0 Å². The molecule has 7 heteroatoms. The van der Waals surface area contributed by atoms with Gasteiger partial charge in [0.05, 0.1) is 11.5 Å². The fourth-order valence-corrected chi connectivity index (χ4v) is 4.52. The third-order valence-corrected chi connectivity index (χ3v) is 6.43. The lowest BCUT2D eigenvalue weighted by atomic mass is 9.93. The number of amides is 1. The Labute approximate surface area is 194 Å². The largest absolute Gasteiger partial charge is 0.493 e. The quantitative estimate of drug-likeness (QED) is 0.455. The number of hydrogen-bond acceptors (Lipinski definition) is 4. The highest BCUT2D eigenvalue weighted by Gasteiger charge is 2.21. The fourth-order valence-electron chi connectivity index (χ4n) is 3.43. The Morgan fingerprint density at radius 1 is 1.03 bits per heavy atom. The molecule has 0 aliphatic heterocycles.